The average Bonchev–Trinajstić information content (AvgIpc) is 2.59. The number of carbonyl (C=O) groups excluding carboxylic acids is 3. The fourth-order valence-corrected chi connectivity index (χ4v) is 2.13. The monoisotopic (exact) mass is 351 g/mol. The standard InChI is InChI=1S/C17H25N3O5/c1-12(21)19-15(11-25-3)17(23)20-14(10-24-2)16(22)18-9-13-7-5-4-6-8-13/h4-8,14-15H,9-11H2,1-3H3,(H,18,22)(H,19,21)(H,20,23)/t14-,15-/m0/s1. The van der Waals surface area contributed by atoms with Gasteiger partial charge in [0.2, 0.25) is 17.7 Å². The van der Waals surface area contributed by atoms with Crippen LogP contribution in [-0.4, -0.2) is 57.2 Å². The molecule has 138 valence electrons. The molecule has 2 atom stereocenters. The van der Waals surface area contributed by atoms with Gasteiger partial charge in [-0.05, 0) is 5.56 Å². The van der Waals surface area contributed by atoms with Crippen LogP contribution in [0.15, 0.2) is 30.3 Å². The summed E-state index contributed by atoms with van der Waals surface area (Å²) in [7, 11) is 2.85. The number of rotatable bonds is 10. The molecule has 0 aromatic heterocycles. The highest BCUT2D eigenvalue weighted by Crippen LogP contribution is 1.98. The lowest BCUT2D eigenvalue weighted by atomic mass is 10.2. The van der Waals surface area contributed by atoms with Crippen molar-refractivity contribution in [3.05, 3.63) is 35.9 Å². The third-order valence-corrected chi connectivity index (χ3v) is 3.30. The summed E-state index contributed by atoms with van der Waals surface area (Å²) in [6.45, 7) is 1.64. The van der Waals surface area contributed by atoms with Gasteiger partial charge in [-0.1, -0.05) is 30.3 Å². The molecule has 3 N–H and O–H groups in total. The predicted octanol–water partition coefficient (Wildman–Crippen LogP) is -0.415. The van der Waals surface area contributed by atoms with E-state index in [4.69, 9.17) is 9.47 Å². The highest BCUT2D eigenvalue weighted by atomic mass is 16.5. The van der Waals surface area contributed by atoms with Crippen molar-refractivity contribution in [2.45, 2.75) is 25.6 Å². The second-order valence-electron chi connectivity index (χ2n) is 5.43. The Morgan fingerprint density at radius 1 is 0.920 bits per heavy atom. The first-order chi connectivity index (χ1) is 12.0. The number of nitrogens with one attached hydrogen (secondary N) is 3. The van der Waals surface area contributed by atoms with Crippen molar-refractivity contribution >= 4 is 17.7 Å². The molecule has 8 nitrogen and oxygen atoms in total. The zero-order valence-corrected chi connectivity index (χ0v) is 14.7. The van der Waals surface area contributed by atoms with Crippen LogP contribution in [0.2, 0.25) is 0 Å². The Morgan fingerprint density at radius 3 is 2.00 bits per heavy atom. The van der Waals surface area contributed by atoms with Crippen LogP contribution in [0.5, 0.6) is 0 Å². The maximum Gasteiger partial charge on any atom is 0.245 e. The second kappa shape index (κ2) is 11.2. The van der Waals surface area contributed by atoms with Gasteiger partial charge in [0.15, 0.2) is 0 Å². The van der Waals surface area contributed by atoms with Crippen LogP contribution in [0.1, 0.15) is 12.5 Å². The van der Waals surface area contributed by atoms with E-state index in [1.807, 2.05) is 30.3 Å². The van der Waals surface area contributed by atoms with Crippen LogP contribution in [0.4, 0.5) is 0 Å². The molecule has 0 radical (unpaired) electrons. The van der Waals surface area contributed by atoms with Gasteiger partial charge < -0.3 is 25.4 Å². The van der Waals surface area contributed by atoms with Crippen LogP contribution >= 0.6 is 0 Å². The van der Waals surface area contributed by atoms with Crippen LogP contribution in [0.3, 0.4) is 0 Å². The minimum Gasteiger partial charge on any atom is -0.382 e. The van der Waals surface area contributed by atoms with Crippen LogP contribution < -0.4 is 16.0 Å². The molecule has 0 aliphatic rings. The van der Waals surface area contributed by atoms with Gasteiger partial charge in [0.05, 0.1) is 13.2 Å². The molecule has 0 heterocycles. The van der Waals surface area contributed by atoms with E-state index in [-0.39, 0.29) is 25.0 Å². The third kappa shape index (κ3) is 7.77. The maximum absolute atomic E-state index is 12.3. The van der Waals surface area contributed by atoms with E-state index in [0.717, 1.165) is 5.56 Å². The van der Waals surface area contributed by atoms with Crippen molar-refractivity contribution in [2.75, 3.05) is 27.4 Å². The molecule has 0 unspecified atom stereocenters. The van der Waals surface area contributed by atoms with Gasteiger partial charge in [-0.25, -0.2) is 0 Å². The highest BCUT2D eigenvalue weighted by molar-refractivity contribution is 5.91. The average molecular weight is 351 g/mol. The van der Waals surface area contributed by atoms with Gasteiger partial charge in [-0.3, -0.25) is 14.4 Å². The quantitative estimate of drug-likeness (QED) is 0.531. The van der Waals surface area contributed by atoms with E-state index in [1.54, 1.807) is 0 Å². The van der Waals surface area contributed by atoms with Crippen molar-refractivity contribution in [3.8, 4) is 0 Å². The van der Waals surface area contributed by atoms with Gasteiger partial charge in [0.25, 0.3) is 0 Å². The molecule has 0 saturated heterocycles. The summed E-state index contributed by atoms with van der Waals surface area (Å²) in [6, 6.07) is 7.64. The predicted molar refractivity (Wildman–Crippen MR) is 91.6 cm³/mol. The summed E-state index contributed by atoms with van der Waals surface area (Å²) in [5, 5.41) is 7.80. The zero-order valence-electron chi connectivity index (χ0n) is 14.7. The Labute approximate surface area is 147 Å². The van der Waals surface area contributed by atoms with Crippen molar-refractivity contribution in [1.82, 2.24) is 16.0 Å². The van der Waals surface area contributed by atoms with Gasteiger partial charge in [-0.15, -0.1) is 0 Å². The largest absolute Gasteiger partial charge is 0.382 e. The van der Waals surface area contributed by atoms with Gasteiger partial charge in [-0.2, -0.15) is 0 Å². The van der Waals surface area contributed by atoms with Crippen molar-refractivity contribution < 1.29 is 23.9 Å². The Kier molecular flexibility index (Phi) is 9.20. The lowest BCUT2D eigenvalue weighted by Gasteiger charge is -2.22. The fourth-order valence-electron chi connectivity index (χ4n) is 2.13. The Balaban J connectivity index is 2.65. The van der Waals surface area contributed by atoms with Gasteiger partial charge >= 0.3 is 0 Å². The summed E-state index contributed by atoms with van der Waals surface area (Å²) < 4.78 is 9.93. The van der Waals surface area contributed by atoms with Crippen molar-refractivity contribution in [2.24, 2.45) is 0 Å². The molecule has 1 aromatic rings. The molecule has 25 heavy (non-hydrogen) atoms. The minimum absolute atomic E-state index is 0.00322. The number of hydrogen-bond donors (Lipinski definition) is 3. The molecule has 0 fully saturated rings. The van der Waals surface area contributed by atoms with Crippen LogP contribution in [0, 0.1) is 0 Å². The molecule has 0 bridgehead atoms. The van der Waals surface area contributed by atoms with Crippen LogP contribution in [-0.2, 0) is 30.4 Å². The normalized spacial score (nSPS) is 12.8. The van der Waals surface area contributed by atoms with E-state index < -0.39 is 18.0 Å². The molecule has 3 amide bonds. The first kappa shape index (κ1) is 20.6. The van der Waals surface area contributed by atoms with Crippen LogP contribution in [0.25, 0.3) is 0 Å². The molecular formula is C17H25N3O5. The third-order valence-electron chi connectivity index (χ3n) is 3.30. The van der Waals surface area contributed by atoms with Gasteiger partial charge in [0.1, 0.15) is 12.1 Å². The molecular weight excluding hydrogens is 326 g/mol. The summed E-state index contributed by atoms with van der Waals surface area (Å²) in [6.07, 6.45) is 0. The second-order valence-corrected chi connectivity index (χ2v) is 5.43. The van der Waals surface area contributed by atoms with E-state index >= 15 is 0 Å². The van der Waals surface area contributed by atoms with E-state index in [2.05, 4.69) is 16.0 Å². The maximum atomic E-state index is 12.3. The molecule has 0 aliphatic heterocycles. The molecule has 0 spiro atoms. The highest BCUT2D eigenvalue weighted by Gasteiger charge is 2.26. The first-order valence-corrected chi connectivity index (χ1v) is 7.85. The van der Waals surface area contributed by atoms with Crippen molar-refractivity contribution in [1.29, 1.82) is 0 Å². The van der Waals surface area contributed by atoms with E-state index in [1.165, 1.54) is 21.1 Å². The topological polar surface area (TPSA) is 106 Å². The Bertz CT molecular complexity index is 565. The number of hydrogen-bond acceptors (Lipinski definition) is 5. The molecule has 1 aromatic carbocycles. The molecule has 0 saturated carbocycles. The lowest BCUT2D eigenvalue weighted by Crippen LogP contribution is -2.56. The number of carbonyl (C=O) groups is 3. The zero-order chi connectivity index (χ0) is 18.7. The number of methoxy groups -OCH3 is 2. The van der Waals surface area contributed by atoms with E-state index in [9.17, 15) is 14.4 Å². The number of amides is 3. The SMILES string of the molecule is COC[C@H](NC(C)=O)C(=O)N[C@@H](COC)C(=O)NCc1ccccc1. The molecule has 1 rings (SSSR count). The summed E-state index contributed by atoms with van der Waals surface area (Å²) >= 11 is 0. The smallest absolute Gasteiger partial charge is 0.245 e. The number of benzene rings is 1. The minimum atomic E-state index is -0.885. The summed E-state index contributed by atoms with van der Waals surface area (Å²) in [5.41, 5.74) is 0.939. The molecule has 0 aliphatic carbocycles. The summed E-state index contributed by atoms with van der Waals surface area (Å²) in [4.78, 5) is 35.8. The Hall–Kier alpha value is -2.45. The Morgan fingerprint density at radius 2 is 1.48 bits per heavy atom. The van der Waals surface area contributed by atoms with Gasteiger partial charge in [0, 0.05) is 27.7 Å². The lowest BCUT2D eigenvalue weighted by molar-refractivity contribution is -0.133. The fraction of sp³-hybridized carbons (Fsp3) is 0.471. The molecule has 8 heteroatoms. The van der Waals surface area contributed by atoms with E-state index in [0.29, 0.717) is 6.54 Å². The van der Waals surface area contributed by atoms with Crippen molar-refractivity contribution in [3.63, 3.8) is 0 Å². The summed E-state index contributed by atoms with van der Waals surface area (Å²) in [5.74, 6) is -1.26. The first-order valence-electron chi connectivity index (χ1n) is 7.85. The number of ether oxygens (including phenoxy) is 2.